The Morgan fingerprint density at radius 2 is 2.18 bits per heavy atom. The summed E-state index contributed by atoms with van der Waals surface area (Å²) in [6.07, 6.45) is -2.66. The minimum atomic E-state index is -1.45. The van der Waals surface area contributed by atoms with Crippen molar-refractivity contribution in [1.29, 1.82) is 0 Å². The van der Waals surface area contributed by atoms with E-state index in [1.165, 1.54) is 6.92 Å². The van der Waals surface area contributed by atoms with Gasteiger partial charge in [-0.05, 0) is 13.3 Å². The molecule has 5 N–H and O–H groups in total. The fourth-order valence-corrected chi connectivity index (χ4v) is 0.715. The van der Waals surface area contributed by atoms with Crippen LogP contribution in [0, 0.1) is 0 Å². The highest BCUT2D eigenvalue weighted by Crippen LogP contribution is 2.02. The van der Waals surface area contributed by atoms with Crippen molar-refractivity contribution in [1.82, 2.24) is 0 Å². The van der Waals surface area contributed by atoms with Crippen LogP contribution in [0.15, 0.2) is 0 Å². The van der Waals surface area contributed by atoms with Crippen molar-refractivity contribution in [2.75, 3.05) is 0 Å². The molecule has 5 heteroatoms. The normalized spacial score (nSPS) is 18.9. The van der Waals surface area contributed by atoms with Crippen LogP contribution in [0.2, 0.25) is 0 Å². The van der Waals surface area contributed by atoms with Gasteiger partial charge in [-0.1, -0.05) is 0 Å². The monoisotopic (exact) mass is 164 g/mol. The molecular formula is C6H13FN2O2. The zero-order chi connectivity index (χ0) is 9.02. The summed E-state index contributed by atoms with van der Waals surface area (Å²) in [5.74, 6) is -0.918. The van der Waals surface area contributed by atoms with Crippen LogP contribution in [0.5, 0.6) is 0 Å². The van der Waals surface area contributed by atoms with Gasteiger partial charge in [0.25, 0.3) is 0 Å². The van der Waals surface area contributed by atoms with Crippen LogP contribution in [0.3, 0.4) is 0 Å². The van der Waals surface area contributed by atoms with Crippen LogP contribution in [0.1, 0.15) is 13.3 Å². The molecule has 11 heavy (non-hydrogen) atoms. The molecule has 0 heterocycles. The first-order chi connectivity index (χ1) is 4.95. The van der Waals surface area contributed by atoms with Gasteiger partial charge in [0.05, 0.1) is 6.17 Å². The second-order valence-electron chi connectivity index (χ2n) is 2.53. The number of aliphatic hydroxyl groups excluding tert-OH is 1. The molecule has 0 radical (unpaired) electrons. The van der Waals surface area contributed by atoms with Crippen LogP contribution < -0.4 is 11.5 Å². The highest BCUT2D eigenvalue weighted by molar-refractivity contribution is 5.79. The Morgan fingerprint density at radius 3 is 2.45 bits per heavy atom. The van der Waals surface area contributed by atoms with Gasteiger partial charge in [-0.3, -0.25) is 4.79 Å². The van der Waals surface area contributed by atoms with Gasteiger partial charge in [-0.25, -0.2) is 4.39 Å². The molecule has 0 aliphatic rings. The number of aliphatic hydroxyl groups is 1. The smallest absolute Gasteiger partial charge is 0.247 e. The quantitative estimate of drug-likeness (QED) is 0.493. The fourth-order valence-electron chi connectivity index (χ4n) is 0.715. The van der Waals surface area contributed by atoms with Gasteiger partial charge in [-0.15, -0.1) is 0 Å². The molecule has 0 aromatic heterocycles. The molecule has 0 saturated heterocycles. The zero-order valence-corrected chi connectivity index (χ0v) is 6.33. The lowest BCUT2D eigenvalue weighted by Gasteiger charge is -2.15. The van der Waals surface area contributed by atoms with E-state index in [1.807, 2.05) is 0 Å². The van der Waals surface area contributed by atoms with E-state index in [0.29, 0.717) is 0 Å². The number of halogens is 1. The van der Waals surface area contributed by atoms with Crippen LogP contribution in [-0.2, 0) is 4.79 Å². The fraction of sp³-hybridized carbons (Fsp3) is 0.833. The molecule has 0 aliphatic heterocycles. The second kappa shape index (κ2) is 4.25. The predicted octanol–water partition coefficient (Wildman–Crippen LogP) is -1.09. The molecule has 3 atom stereocenters. The van der Waals surface area contributed by atoms with E-state index in [-0.39, 0.29) is 6.42 Å². The van der Waals surface area contributed by atoms with Crippen molar-refractivity contribution in [2.24, 2.45) is 11.5 Å². The van der Waals surface area contributed by atoms with Crippen molar-refractivity contribution in [3.63, 3.8) is 0 Å². The Morgan fingerprint density at radius 1 is 1.73 bits per heavy atom. The van der Waals surface area contributed by atoms with Crippen molar-refractivity contribution in [3.05, 3.63) is 0 Å². The summed E-state index contributed by atoms with van der Waals surface area (Å²) < 4.78 is 12.2. The Labute approximate surface area is 64.4 Å². The maximum absolute atomic E-state index is 12.2. The van der Waals surface area contributed by atoms with Gasteiger partial charge < -0.3 is 16.6 Å². The number of hydrogen-bond acceptors (Lipinski definition) is 3. The summed E-state index contributed by atoms with van der Waals surface area (Å²) in [6, 6.07) is -0.910. The summed E-state index contributed by atoms with van der Waals surface area (Å²) in [6.45, 7) is 1.30. The topological polar surface area (TPSA) is 89.3 Å². The van der Waals surface area contributed by atoms with Crippen LogP contribution in [0.25, 0.3) is 0 Å². The average Bonchev–Trinajstić information content (AvgIpc) is 1.84. The summed E-state index contributed by atoms with van der Waals surface area (Å²) in [4.78, 5) is 10.3. The summed E-state index contributed by atoms with van der Waals surface area (Å²) >= 11 is 0. The lowest BCUT2D eigenvalue weighted by Crippen LogP contribution is -2.45. The van der Waals surface area contributed by atoms with Crippen molar-refractivity contribution < 1.29 is 14.3 Å². The number of alkyl halides is 1. The number of amides is 1. The van der Waals surface area contributed by atoms with E-state index >= 15 is 0 Å². The second-order valence-corrected chi connectivity index (χ2v) is 2.53. The van der Waals surface area contributed by atoms with Gasteiger partial charge in [-0.2, -0.15) is 0 Å². The largest absolute Gasteiger partial charge is 0.382 e. The average molecular weight is 164 g/mol. The molecule has 0 fully saturated rings. The summed E-state index contributed by atoms with van der Waals surface area (Å²) in [7, 11) is 0. The number of rotatable bonds is 4. The lowest BCUT2D eigenvalue weighted by molar-refractivity contribution is -0.127. The predicted molar refractivity (Wildman–Crippen MR) is 38.4 cm³/mol. The number of carbonyl (C=O) groups excluding carboxylic acids is 1. The van der Waals surface area contributed by atoms with Crippen LogP contribution >= 0.6 is 0 Å². The molecule has 0 rings (SSSR count). The first-order valence-corrected chi connectivity index (χ1v) is 3.32. The Bertz CT molecular complexity index is 141. The van der Waals surface area contributed by atoms with Gasteiger partial charge in [0.15, 0.2) is 0 Å². The van der Waals surface area contributed by atoms with Gasteiger partial charge in [0.2, 0.25) is 5.91 Å². The van der Waals surface area contributed by atoms with E-state index in [0.717, 1.165) is 0 Å². The van der Waals surface area contributed by atoms with Crippen molar-refractivity contribution >= 4 is 5.91 Å². The van der Waals surface area contributed by atoms with E-state index in [2.05, 4.69) is 0 Å². The third-order valence-corrected chi connectivity index (χ3v) is 1.29. The van der Waals surface area contributed by atoms with Crippen molar-refractivity contribution in [3.8, 4) is 0 Å². The highest BCUT2D eigenvalue weighted by atomic mass is 19.1. The third-order valence-electron chi connectivity index (χ3n) is 1.29. The van der Waals surface area contributed by atoms with Crippen LogP contribution in [-0.4, -0.2) is 29.3 Å². The highest BCUT2D eigenvalue weighted by Gasteiger charge is 2.21. The molecular weight excluding hydrogens is 151 g/mol. The number of nitrogens with two attached hydrogens (primary N) is 2. The van der Waals surface area contributed by atoms with Gasteiger partial charge >= 0.3 is 0 Å². The van der Waals surface area contributed by atoms with E-state index in [4.69, 9.17) is 16.6 Å². The molecule has 0 bridgehead atoms. The molecule has 0 aromatic carbocycles. The molecule has 1 amide bonds. The Balaban J connectivity index is 3.82. The molecule has 4 nitrogen and oxygen atoms in total. The molecule has 0 aromatic rings. The molecule has 0 spiro atoms. The van der Waals surface area contributed by atoms with E-state index < -0.39 is 24.2 Å². The van der Waals surface area contributed by atoms with Crippen molar-refractivity contribution in [2.45, 2.75) is 31.7 Å². The maximum atomic E-state index is 12.2. The Hall–Kier alpha value is -0.680. The number of carbonyl (C=O) groups is 1. The minimum absolute atomic E-state index is 0.0654. The summed E-state index contributed by atoms with van der Waals surface area (Å²) in [5.41, 5.74) is 9.95. The van der Waals surface area contributed by atoms with Gasteiger partial charge in [0, 0.05) is 6.04 Å². The maximum Gasteiger partial charge on any atom is 0.247 e. The molecule has 0 saturated carbocycles. The van der Waals surface area contributed by atoms with E-state index in [9.17, 15) is 9.18 Å². The minimum Gasteiger partial charge on any atom is -0.382 e. The lowest BCUT2D eigenvalue weighted by atomic mass is 10.1. The first-order valence-electron chi connectivity index (χ1n) is 3.32. The Kier molecular flexibility index (Phi) is 3.99. The number of hydrogen-bond donors (Lipinski definition) is 3. The van der Waals surface area contributed by atoms with Crippen LogP contribution in [0.4, 0.5) is 4.39 Å². The summed E-state index contributed by atoms with van der Waals surface area (Å²) in [5, 5.41) is 8.88. The first kappa shape index (κ1) is 10.3. The SMILES string of the molecule is CC(F)CC(N)C(O)C(N)=O. The molecule has 66 valence electrons. The number of primary amides is 1. The molecule has 3 unspecified atom stereocenters. The van der Waals surface area contributed by atoms with E-state index in [1.54, 1.807) is 0 Å². The standard InChI is InChI=1S/C6H13FN2O2/c1-3(7)2-4(8)5(10)6(9)11/h3-5,10H,2,8H2,1H3,(H2,9,11). The van der Waals surface area contributed by atoms with Gasteiger partial charge in [0.1, 0.15) is 6.10 Å². The third kappa shape index (κ3) is 3.90. The molecule has 0 aliphatic carbocycles. The zero-order valence-electron chi connectivity index (χ0n) is 6.33.